The Balaban J connectivity index is 1.99. The van der Waals surface area contributed by atoms with Crippen LogP contribution in [0.1, 0.15) is 11.1 Å². The Kier molecular flexibility index (Phi) is 3.88. The van der Waals surface area contributed by atoms with Crippen molar-refractivity contribution in [3.63, 3.8) is 0 Å². The van der Waals surface area contributed by atoms with E-state index in [9.17, 15) is 19.6 Å². The van der Waals surface area contributed by atoms with E-state index in [4.69, 9.17) is 0 Å². The number of H-pyrrole nitrogens is 1. The van der Waals surface area contributed by atoms with Crippen LogP contribution in [-0.2, 0) is 5.75 Å². The Labute approximate surface area is 132 Å². The van der Waals surface area contributed by atoms with Gasteiger partial charge in [-0.2, -0.15) is 5.26 Å². The second-order valence-corrected chi connectivity index (χ2v) is 6.78. The second-order valence-electron chi connectivity index (χ2n) is 4.52. The molecule has 0 atom stereocenters. The van der Waals surface area contributed by atoms with Crippen molar-refractivity contribution in [2.45, 2.75) is 9.96 Å². The first-order chi connectivity index (χ1) is 10.6. The van der Waals surface area contributed by atoms with Gasteiger partial charge in [0.2, 0.25) is 0 Å². The number of aromatic nitrogens is 1. The molecule has 3 aromatic rings. The summed E-state index contributed by atoms with van der Waals surface area (Å²) >= 11 is 2.60. The summed E-state index contributed by atoms with van der Waals surface area (Å²) in [5.74, 6) is 0.0411. The lowest BCUT2D eigenvalue weighted by Crippen LogP contribution is -2.02. The highest BCUT2D eigenvalue weighted by Crippen LogP contribution is 2.40. The van der Waals surface area contributed by atoms with E-state index < -0.39 is 5.56 Å². The zero-order valence-electron chi connectivity index (χ0n) is 11.1. The number of fused-ring (bicyclic) bond motifs is 1. The number of aromatic amines is 1. The van der Waals surface area contributed by atoms with Gasteiger partial charge in [0.15, 0.2) is 0 Å². The molecule has 110 valence electrons. The predicted molar refractivity (Wildman–Crippen MR) is 84.8 cm³/mol. The minimum absolute atomic E-state index is 0.141. The normalized spacial score (nSPS) is 10.7. The first-order valence-corrected chi connectivity index (χ1v) is 8.05. The lowest BCUT2D eigenvalue weighted by Gasteiger charge is -2.00. The summed E-state index contributed by atoms with van der Waals surface area (Å²) in [7, 11) is 0. The van der Waals surface area contributed by atoms with E-state index >= 15 is 0 Å². The number of nitriles is 1. The van der Waals surface area contributed by atoms with Gasteiger partial charge >= 0.3 is 0 Å². The molecule has 0 fully saturated rings. The summed E-state index contributed by atoms with van der Waals surface area (Å²) in [6, 6.07) is 9.38. The maximum Gasteiger partial charge on any atom is 0.252 e. The van der Waals surface area contributed by atoms with Crippen molar-refractivity contribution in [2.75, 3.05) is 0 Å². The SMILES string of the molecule is N#Cc1c(SCc2cccc(F)c2)sc2c(O)cc(=O)[nH]c12. The van der Waals surface area contributed by atoms with Crippen molar-refractivity contribution in [3.05, 3.63) is 57.6 Å². The standard InChI is InChI=1S/C15H9FN2O2S2/c16-9-3-1-2-8(4-9)7-21-15-10(6-17)13-14(22-15)11(19)5-12(20)18-13/h1-5H,7H2,(H2,18,19,20). The van der Waals surface area contributed by atoms with Gasteiger partial charge in [-0.1, -0.05) is 12.1 Å². The molecule has 3 rings (SSSR count). The average Bonchev–Trinajstić information content (AvgIpc) is 2.83. The van der Waals surface area contributed by atoms with Crippen molar-refractivity contribution < 1.29 is 9.50 Å². The van der Waals surface area contributed by atoms with E-state index in [2.05, 4.69) is 11.1 Å². The van der Waals surface area contributed by atoms with Crippen molar-refractivity contribution in [2.24, 2.45) is 0 Å². The van der Waals surface area contributed by atoms with Gasteiger partial charge in [0.1, 0.15) is 23.2 Å². The van der Waals surface area contributed by atoms with Gasteiger partial charge in [0, 0.05) is 11.8 Å². The molecule has 0 radical (unpaired) electrons. The molecule has 2 N–H and O–H groups in total. The highest BCUT2D eigenvalue weighted by Gasteiger charge is 2.16. The zero-order valence-corrected chi connectivity index (χ0v) is 12.7. The summed E-state index contributed by atoms with van der Waals surface area (Å²) in [4.78, 5) is 14.0. The van der Waals surface area contributed by atoms with Gasteiger partial charge in [0.05, 0.1) is 14.4 Å². The first kappa shape index (κ1) is 14.6. The van der Waals surface area contributed by atoms with E-state index in [0.29, 0.717) is 25.7 Å². The number of nitrogens with zero attached hydrogens (tertiary/aromatic N) is 1. The minimum Gasteiger partial charge on any atom is -0.506 e. The fourth-order valence-electron chi connectivity index (χ4n) is 2.04. The maximum atomic E-state index is 13.2. The smallest absolute Gasteiger partial charge is 0.252 e. The van der Waals surface area contributed by atoms with E-state index in [0.717, 1.165) is 11.6 Å². The maximum absolute atomic E-state index is 13.2. The molecule has 0 aliphatic carbocycles. The third-order valence-corrected chi connectivity index (χ3v) is 5.55. The van der Waals surface area contributed by atoms with Crippen LogP contribution in [0.25, 0.3) is 10.2 Å². The number of thioether (sulfide) groups is 1. The molecule has 4 nitrogen and oxygen atoms in total. The fourth-order valence-corrected chi connectivity index (χ4v) is 4.32. The molecule has 0 spiro atoms. The Morgan fingerprint density at radius 1 is 1.41 bits per heavy atom. The highest BCUT2D eigenvalue weighted by atomic mass is 32.2. The van der Waals surface area contributed by atoms with Gasteiger partial charge in [-0.25, -0.2) is 4.39 Å². The number of benzene rings is 1. The van der Waals surface area contributed by atoms with Crippen molar-refractivity contribution in [1.29, 1.82) is 5.26 Å². The van der Waals surface area contributed by atoms with Crippen LogP contribution < -0.4 is 5.56 Å². The predicted octanol–water partition coefficient (Wildman–Crippen LogP) is 3.60. The zero-order chi connectivity index (χ0) is 15.7. The topological polar surface area (TPSA) is 76.9 Å². The lowest BCUT2D eigenvalue weighted by molar-refractivity contribution is 0.481. The molecule has 0 saturated heterocycles. The van der Waals surface area contributed by atoms with Gasteiger partial charge in [-0.3, -0.25) is 4.79 Å². The Morgan fingerprint density at radius 2 is 2.23 bits per heavy atom. The number of nitrogens with one attached hydrogen (secondary N) is 1. The van der Waals surface area contributed by atoms with Crippen LogP contribution in [0.2, 0.25) is 0 Å². The molecule has 0 bridgehead atoms. The van der Waals surface area contributed by atoms with Gasteiger partial charge in [-0.15, -0.1) is 23.1 Å². The van der Waals surface area contributed by atoms with Crippen molar-refractivity contribution in [1.82, 2.24) is 4.98 Å². The van der Waals surface area contributed by atoms with Crippen LogP contribution in [0.5, 0.6) is 5.75 Å². The second kappa shape index (κ2) is 5.83. The quantitative estimate of drug-likeness (QED) is 0.719. The van der Waals surface area contributed by atoms with E-state index in [1.807, 2.05) is 0 Å². The number of halogens is 1. The summed E-state index contributed by atoms with van der Waals surface area (Å²) in [5, 5.41) is 19.1. The van der Waals surface area contributed by atoms with E-state index in [-0.39, 0.29) is 11.6 Å². The average molecular weight is 332 g/mol. The van der Waals surface area contributed by atoms with E-state index in [1.54, 1.807) is 12.1 Å². The van der Waals surface area contributed by atoms with Crippen LogP contribution in [0.3, 0.4) is 0 Å². The summed E-state index contributed by atoms with van der Waals surface area (Å²) in [6.07, 6.45) is 0. The Morgan fingerprint density at radius 3 is 2.95 bits per heavy atom. The molecule has 22 heavy (non-hydrogen) atoms. The van der Waals surface area contributed by atoms with Crippen LogP contribution in [0, 0.1) is 17.1 Å². The number of hydrogen-bond acceptors (Lipinski definition) is 5. The molecule has 7 heteroatoms. The summed E-state index contributed by atoms with van der Waals surface area (Å²) < 4.78 is 14.3. The molecule has 0 aliphatic rings. The number of hydrogen-bond donors (Lipinski definition) is 2. The number of rotatable bonds is 3. The Hall–Kier alpha value is -2.30. The molecular formula is C15H9FN2O2S2. The molecular weight excluding hydrogens is 323 g/mol. The van der Waals surface area contributed by atoms with Gasteiger partial charge < -0.3 is 10.1 Å². The van der Waals surface area contributed by atoms with Gasteiger partial charge in [0.25, 0.3) is 5.56 Å². The number of aromatic hydroxyl groups is 1. The number of thiophene rings is 1. The first-order valence-electron chi connectivity index (χ1n) is 6.24. The largest absolute Gasteiger partial charge is 0.506 e. The molecule has 2 heterocycles. The van der Waals surface area contributed by atoms with Crippen LogP contribution in [0.15, 0.2) is 39.3 Å². The monoisotopic (exact) mass is 332 g/mol. The lowest BCUT2D eigenvalue weighted by atomic mass is 10.2. The summed E-state index contributed by atoms with van der Waals surface area (Å²) in [6.45, 7) is 0. The summed E-state index contributed by atoms with van der Waals surface area (Å²) in [5.41, 5.74) is 1.01. The van der Waals surface area contributed by atoms with Crippen LogP contribution >= 0.6 is 23.1 Å². The molecule has 2 aromatic heterocycles. The van der Waals surface area contributed by atoms with Crippen molar-refractivity contribution in [3.8, 4) is 11.8 Å². The highest BCUT2D eigenvalue weighted by molar-refractivity contribution is 8.00. The Bertz CT molecular complexity index is 956. The molecule has 0 unspecified atom stereocenters. The van der Waals surface area contributed by atoms with E-state index in [1.165, 1.54) is 35.2 Å². The third-order valence-electron chi connectivity index (χ3n) is 3.00. The molecule has 0 saturated carbocycles. The number of pyridine rings is 1. The third kappa shape index (κ3) is 2.71. The fraction of sp³-hybridized carbons (Fsp3) is 0.0667. The van der Waals surface area contributed by atoms with Gasteiger partial charge in [-0.05, 0) is 17.7 Å². The molecule has 0 aliphatic heterocycles. The van der Waals surface area contributed by atoms with Crippen molar-refractivity contribution >= 4 is 33.3 Å². The van der Waals surface area contributed by atoms with Crippen LogP contribution in [0.4, 0.5) is 4.39 Å². The van der Waals surface area contributed by atoms with Crippen LogP contribution in [-0.4, -0.2) is 10.1 Å². The molecule has 0 amide bonds. The minimum atomic E-state index is -0.457. The molecule has 1 aromatic carbocycles.